The van der Waals surface area contributed by atoms with Gasteiger partial charge in [-0.3, -0.25) is 4.79 Å². The first-order valence-corrected chi connectivity index (χ1v) is 7.96. The van der Waals surface area contributed by atoms with Gasteiger partial charge in [-0.15, -0.1) is 0 Å². The van der Waals surface area contributed by atoms with Gasteiger partial charge >= 0.3 is 0 Å². The van der Waals surface area contributed by atoms with Crippen LogP contribution in [0.25, 0.3) is 0 Å². The van der Waals surface area contributed by atoms with Gasteiger partial charge in [0.2, 0.25) is 0 Å². The number of nitrogens with zero attached hydrogens (tertiary/aromatic N) is 1. The Bertz CT molecular complexity index is 899. The third-order valence-electron chi connectivity index (χ3n) is 3.47. The first-order valence-electron chi connectivity index (χ1n) is 7.59. The zero-order chi connectivity index (χ0) is 17.6. The molecule has 126 valence electrons. The van der Waals surface area contributed by atoms with Crippen LogP contribution in [-0.4, -0.2) is 18.0 Å². The lowest BCUT2D eigenvalue weighted by Gasteiger charge is -2.11. The minimum atomic E-state index is -0.243. The molecule has 3 aromatic rings. The number of rotatable bonds is 5. The van der Waals surface area contributed by atoms with Crippen molar-refractivity contribution in [1.29, 1.82) is 0 Å². The molecule has 3 rings (SSSR count). The quantitative estimate of drug-likeness (QED) is 0.695. The molecule has 1 aromatic heterocycles. The van der Waals surface area contributed by atoms with E-state index in [0.29, 0.717) is 27.8 Å². The van der Waals surface area contributed by atoms with E-state index in [1.165, 1.54) is 0 Å². The zero-order valence-corrected chi connectivity index (χ0v) is 14.2. The molecular weight excluding hydrogens is 338 g/mol. The van der Waals surface area contributed by atoms with Crippen LogP contribution >= 0.6 is 11.6 Å². The maximum absolute atomic E-state index is 12.4. The zero-order valence-electron chi connectivity index (χ0n) is 13.5. The largest absolute Gasteiger partial charge is 0.495 e. The molecule has 0 radical (unpaired) electrons. The Morgan fingerprint density at radius 2 is 1.92 bits per heavy atom. The summed E-state index contributed by atoms with van der Waals surface area (Å²) < 4.78 is 5.30. The van der Waals surface area contributed by atoms with Gasteiger partial charge in [0, 0.05) is 22.5 Å². The van der Waals surface area contributed by atoms with Gasteiger partial charge in [-0.05, 0) is 42.5 Å². The number of nitrogens with one attached hydrogen (secondary N) is 2. The van der Waals surface area contributed by atoms with Crippen molar-refractivity contribution in [3.05, 3.63) is 77.4 Å². The molecule has 2 aromatic carbocycles. The number of pyridine rings is 1. The molecule has 0 bridgehead atoms. The number of amides is 1. The van der Waals surface area contributed by atoms with E-state index >= 15 is 0 Å². The molecule has 0 saturated carbocycles. The number of carbonyl (C=O) groups excluding carboxylic acids is 1. The Balaban J connectivity index is 1.78. The number of hydrogen-bond donors (Lipinski definition) is 2. The van der Waals surface area contributed by atoms with Crippen molar-refractivity contribution in [3.8, 4) is 5.75 Å². The molecule has 0 fully saturated rings. The molecule has 0 aliphatic heterocycles. The summed E-state index contributed by atoms with van der Waals surface area (Å²) in [6.07, 6.45) is 1.57. The highest BCUT2D eigenvalue weighted by Crippen LogP contribution is 2.26. The number of hydrogen-bond acceptors (Lipinski definition) is 4. The summed E-state index contributed by atoms with van der Waals surface area (Å²) in [5.41, 5.74) is 1.88. The molecule has 1 amide bonds. The Labute approximate surface area is 150 Å². The summed E-state index contributed by atoms with van der Waals surface area (Å²) in [7, 11) is 1.60. The molecule has 0 aliphatic rings. The number of aromatic nitrogens is 1. The second-order valence-electron chi connectivity index (χ2n) is 5.22. The SMILES string of the molecule is COc1ccccc1Nc1cc(C(=O)Nc2cccc(Cl)c2)ccn1. The maximum atomic E-state index is 12.4. The fourth-order valence-corrected chi connectivity index (χ4v) is 2.49. The van der Waals surface area contributed by atoms with E-state index in [-0.39, 0.29) is 5.91 Å². The molecule has 5 nitrogen and oxygen atoms in total. The van der Waals surface area contributed by atoms with E-state index in [1.807, 2.05) is 24.3 Å². The van der Waals surface area contributed by atoms with Crippen LogP contribution in [0.15, 0.2) is 66.9 Å². The van der Waals surface area contributed by atoms with E-state index in [2.05, 4.69) is 15.6 Å². The van der Waals surface area contributed by atoms with Crippen LogP contribution in [0.1, 0.15) is 10.4 Å². The number of carbonyl (C=O) groups is 1. The number of ether oxygens (including phenoxy) is 1. The minimum Gasteiger partial charge on any atom is -0.495 e. The van der Waals surface area contributed by atoms with Crippen LogP contribution in [0.2, 0.25) is 5.02 Å². The topological polar surface area (TPSA) is 63.2 Å². The Kier molecular flexibility index (Phi) is 5.16. The number of benzene rings is 2. The predicted octanol–water partition coefficient (Wildman–Crippen LogP) is 4.74. The second kappa shape index (κ2) is 7.68. The predicted molar refractivity (Wildman–Crippen MR) is 99.9 cm³/mol. The smallest absolute Gasteiger partial charge is 0.255 e. The summed E-state index contributed by atoms with van der Waals surface area (Å²) in [4.78, 5) is 16.7. The lowest BCUT2D eigenvalue weighted by Crippen LogP contribution is -2.12. The fourth-order valence-electron chi connectivity index (χ4n) is 2.30. The van der Waals surface area contributed by atoms with Crippen molar-refractivity contribution in [2.24, 2.45) is 0 Å². The van der Waals surface area contributed by atoms with E-state index in [4.69, 9.17) is 16.3 Å². The third kappa shape index (κ3) is 4.28. The van der Waals surface area contributed by atoms with E-state index < -0.39 is 0 Å². The van der Waals surface area contributed by atoms with Crippen LogP contribution in [0.4, 0.5) is 17.2 Å². The van der Waals surface area contributed by atoms with Gasteiger partial charge in [0.25, 0.3) is 5.91 Å². The highest BCUT2D eigenvalue weighted by Gasteiger charge is 2.09. The Morgan fingerprint density at radius 3 is 2.72 bits per heavy atom. The Morgan fingerprint density at radius 1 is 1.08 bits per heavy atom. The molecule has 1 heterocycles. The van der Waals surface area contributed by atoms with Crippen molar-refractivity contribution >= 4 is 34.7 Å². The van der Waals surface area contributed by atoms with Crippen LogP contribution in [0.5, 0.6) is 5.75 Å². The average molecular weight is 354 g/mol. The highest BCUT2D eigenvalue weighted by molar-refractivity contribution is 6.31. The van der Waals surface area contributed by atoms with E-state index in [1.54, 1.807) is 49.7 Å². The van der Waals surface area contributed by atoms with Crippen LogP contribution in [0, 0.1) is 0 Å². The van der Waals surface area contributed by atoms with Crippen LogP contribution in [0.3, 0.4) is 0 Å². The summed E-state index contributed by atoms with van der Waals surface area (Å²) >= 11 is 5.94. The van der Waals surface area contributed by atoms with Crippen LogP contribution < -0.4 is 15.4 Å². The van der Waals surface area contributed by atoms with Crippen LogP contribution in [-0.2, 0) is 0 Å². The Hall–Kier alpha value is -3.05. The van der Waals surface area contributed by atoms with Gasteiger partial charge in [0.15, 0.2) is 0 Å². The van der Waals surface area contributed by atoms with Gasteiger partial charge in [-0.1, -0.05) is 29.8 Å². The highest BCUT2D eigenvalue weighted by atomic mass is 35.5. The number of anilines is 3. The molecular formula is C19H16ClN3O2. The van der Waals surface area contributed by atoms with Gasteiger partial charge in [0.1, 0.15) is 11.6 Å². The van der Waals surface area contributed by atoms with Crippen molar-refractivity contribution in [1.82, 2.24) is 4.98 Å². The standard InChI is InChI=1S/C19H16ClN3O2/c1-25-17-8-3-2-7-16(17)23-18-11-13(9-10-21-18)19(24)22-15-6-4-5-14(20)12-15/h2-12H,1H3,(H,21,23)(H,22,24). The summed E-state index contributed by atoms with van der Waals surface area (Å²) in [5.74, 6) is 0.995. The van der Waals surface area contributed by atoms with Gasteiger partial charge in [0.05, 0.1) is 12.8 Å². The van der Waals surface area contributed by atoms with Crippen molar-refractivity contribution in [2.45, 2.75) is 0 Å². The van der Waals surface area contributed by atoms with E-state index in [0.717, 1.165) is 5.69 Å². The summed E-state index contributed by atoms with van der Waals surface area (Å²) in [6, 6.07) is 17.8. The van der Waals surface area contributed by atoms with Crippen molar-refractivity contribution in [2.75, 3.05) is 17.7 Å². The molecule has 0 unspecified atom stereocenters. The minimum absolute atomic E-state index is 0.243. The maximum Gasteiger partial charge on any atom is 0.255 e. The second-order valence-corrected chi connectivity index (χ2v) is 5.66. The third-order valence-corrected chi connectivity index (χ3v) is 3.71. The van der Waals surface area contributed by atoms with Gasteiger partial charge in [-0.2, -0.15) is 0 Å². The molecule has 0 saturated heterocycles. The number of para-hydroxylation sites is 2. The average Bonchev–Trinajstić information content (AvgIpc) is 2.62. The number of halogens is 1. The van der Waals surface area contributed by atoms with Gasteiger partial charge < -0.3 is 15.4 Å². The van der Waals surface area contributed by atoms with Crippen molar-refractivity contribution < 1.29 is 9.53 Å². The molecule has 0 aliphatic carbocycles. The van der Waals surface area contributed by atoms with Crippen molar-refractivity contribution in [3.63, 3.8) is 0 Å². The lowest BCUT2D eigenvalue weighted by atomic mass is 10.2. The lowest BCUT2D eigenvalue weighted by molar-refractivity contribution is 0.102. The summed E-state index contributed by atoms with van der Waals surface area (Å²) in [6.45, 7) is 0. The molecule has 2 N–H and O–H groups in total. The first kappa shape index (κ1) is 16.8. The monoisotopic (exact) mass is 353 g/mol. The molecule has 0 atom stereocenters. The normalized spacial score (nSPS) is 10.2. The number of methoxy groups -OCH3 is 1. The molecule has 6 heteroatoms. The molecule has 25 heavy (non-hydrogen) atoms. The molecule has 0 spiro atoms. The summed E-state index contributed by atoms with van der Waals surface area (Å²) in [5, 5.41) is 6.52. The fraction of sp³-hybridized carbons (Fsp3) is 0.0526. The van der Waals surface area contributed by atoms with Gasteiger partial charge in [-0.25, -0.2) is 4.98 Å². The first-order chi connectivity index (χ1) is 12.2. The van der Waals surface area contributed by atoms with E-state index in [9.17, 15) is 4.79 Å².